The summed E-state index contributed by atoms with van der Waals surface area (Å²) in [6.45, 7) is 2.50. The maximum absolute atomic E-state index is 13.6. The van der Waals surface area contributed by atoms with Crippen molar-refractivity contribution in [3.05, 3.63) is 64.7 Å². The fourth-order valence-electron chi connectivity index (χ4n) is 1.70. The SMILES string of the molecule is CC(NCc1ccc(Cl)cc1F)c1ccncc1. The highest BCUT2D eigenvalue weighted by atomic mass is 35.5. The minimum Gasteiger partial charge on any atom is -0.306 e. The van der Waals surface area contributed by atoms with Crippen molar-refractivity contribution >= 4 is 11.6 Å². The summed E-state index contributed by atoms with van der Waals surface area (Å²) in [6, 6.07) is 8.74. The molecule has 0 aliphatic heterocycles. The molecule has 1 unspecified atom stereocenters. The predicted molar refractivity (Wildman–Crippen MR) is 70.9 cm³/mol. The average molecular weight is 265 g/mol. The zero-order valence-corrected chi connectivity index (χ0v) is 10.8. The predicted octanol–water partition coefficient (Wildman–Crippen LogP) is 3.72. The van der Waals surface area contributed by atoms with Gasteiger partial charge in [0, 0.05) is 35.6 Å². The van der Waals surface area contributed by atoms with Crippen molar-refractivity contribution in [3.63, 3.8) is 0 Å². The first kappa shape index (κ1) is 13.0. The molecule has 1 aromatic carbocycles. The van der Waals surface area contributed by atoms with E-state index < -0.39 is 0 Å². The second kappa shape index (κ2) is 5.94. The number of hydrogen-bond donors (Lipinski definition) is 1. The molecule has 18 heavy (non-hydrogen) atoms. The third-order valence-electron chi connectivity index (χ3n) is 2.82. The molecule has 1 N–H and O–H groups in total. The molecule has 2 rings (SSSR count). The van der Waals surface area contributed by atoms with E-state index in [9.17, 15) is 4.39 Å². The minimum absolute atomic E-state index is 0.142. The van der Waals surface area contributed by atoms with E-state index in [2.05, 4.69) is 10.3 Å². The number of halogens is 2. The lowest BCUT2D eigenvalue weighted by atomic mass is 10.1. The molecule has 94 valence electrons. The second-order valence-corrected chi connectivity index (χ2v) is 4.56. The third kappa shape index (κ3) is 3.28. The summed E-state index contributed by atoms with van der Waals surface area (Å²) in [6.07, 6.45) is 3.49. The van der Waals surface area contributed by atoms with Gasteiger partial charge in [0.1, 0.15) is 5.82 Å². The minimum atomic E-state index is -0.281. The van der Waals surface area contributed by atoms with E-state index >= 15 is 0 Å². The zero-order chi connectivity index (χ0) is 13.0. The van der Waals surface area contributed by atoms with Crippen LogP contribution in [0.2, 0.25) is 5.02 Å². The fraction of sp³-hybridized carbons (Fsp3) is 0.214. The van der Waals surface area contributed by atoms with Crippen LogP contribution in [0.1, 0.15) is 24.1 Å². The van der Waals surface area contributed by atoms with E-state index in [4.69, 9.17) is 11.6 Å². The van der Waals surface area contributed by atoms with E-state index in [1.54, 1.807) is 24.5 Å². The van der Waals surface area contributed by atoms with Crippen molar-refractivity contribution < 1.29 is 4.39 Å². The Labute approximate surface area is 111 Å². The lowest BCUT2D eigenvalue weighted by Crippen LogP contribution is -2.18. The Kier molecular flexibility index (Phi) is 4.28. The highest BCUT2D eigenvalue weighted by Gasteiger charge is 2.07. The molecule has 0 spiro atoms. The Morgan fingerprint density at radius 2 is 2.00 bits per heavy atom. The van der Waals surface area contributed by atoms with Gasteiger partial charge in [-0.3, -0.25) is 4.98 Å². The molecule has 0 radical (unpaired) electrons. The van der Waals surface area contributed by atoms with Crippen LogP contribution in [0.15, 0.2) is 42.7 Å². The van der Waals surface area contributed by atoms with Crippen molar-refractivity contribution in [2.24, 2.45) is 0 Å². The summed E-state index contributed by atoms with van der Waals surface area (Å²) in [4.78, 5) is 3.97. The molecule has 2 nitrogen and oxygen atoms in total. The van der Waals surface area contributed by atoms with Gasteiger partial charge in [0.05, 0.1) is 0 Å². The molecule has 0 aliphatic carbocycles. The molecule has 4 heteroatoms. The summed E-state index contributed by atoms with van der Waals surface area (Å²) in [5.74, 6) is -0.281. The molecule has 1 aromatic heterocycles. The van der Waals surface area contributed by atoms with E-state index in [0.29, 0.717) is 17.1 Å². The summed E-state index contributed by atoms with van der Waals surface area (Å²) in [5.41, 5.74) is 1.74. The van der Waals surface area contributed by atoms with Gasteiger partial charge < -0.3 is 5.32 Å². The Morgan fingerprint density at radius 3 is 2.67 bits per heavy atom. The fourth-order valence-corrected chi connectivity index (χ4v) is 1.86. The first-order valence-electron chi connectivity index (χ1n) is 5.74. The van der Waals surface area contributed by atoms with Crippen molar-refractivity contribution in [1.82, 2.24) is 10.3 Å². The molecule has 0 saturated heterocycles. The molecular formula is C14H14ClFN2. The smallest absolute Gasteiger partial charge is 0.129 e. The Morgan fingerprint density at radius 1 is 1.28 bits per heavy atom. The topological polar surface area (TPSA) is 24.9 Å². The van der Waals surface area contributed by atoms with E-state index in [-0.39, 0.29) is 11.9 Å². The summed E-state index contributed by atoms with van der Waals surface area (Å²) in [7, 11) is 0. The van der Waals surface area contributed by atoms with E-state index in [0.717, 1.165) is 5.56 Å². The second-order valence-electron chi connectivity index (χ2n) is 4.12. The lowest BCUT2D eigenvalue weighted by molar-refractivity contribution is 0.544. The van der Waals surface area contributed by atoms with Crippen molar-refractivity contribution in [2.75, 3.05) is 0 Å². The van der Waals surface area contributed by atoms with Gasteiger partial charge >= 0.3 is 0 Å². The molecule has 0 fully saturated rings. The van der Waals surface area contributed by atoms with Crippen molar-refractivity contribution in [2.45, 2.75) is 19.5 Å². The molecule has 0 amide bonds. The van der Waals surface area contributed by atoms with E-state index in [1.807, 2.05) is 19.1 Å². The zero-order valence-electron chi connectivity index (χ0n) is 10.0. The summed E-state index contributed by atoms with van der Waals surface area (Å²) >= 11 is 5.71. The Bertz CT molecular complexity index is 516. The van der Waals surface area contributed by atoms with Crippen LogP contribution in [-0.2, 0) is 6.54 Å². The Hall–Kier alpha value is -1.45. The van der Waals surface area contributed by atoms with Gasteiger partial charge in [0.2, 0.25) is 0 Å². The Balaban J connectivity index is 1.99. The quantitative estimate of drug-likeness (QED) is 0.910. The highest BCUT2D eigenvalue weighted by Crippen LogP contribution is 2.16. The number of rotatable bonds is 4. The first-order chi connectivity index (χ1) is 8.66. The molecule has 0 aliphatic rings. The van der Waals surface area contributed by atoms with Gasteiger partial charge in [-0.25, -0.2) is 4.39 Å². The summed E-state index contributed by atoms with van der Waals surface area (Å²) < 4.78 is 13.6. The van der Waals surface area contributed by atoms with Gasteiger partial charge in [-0.15, -0.1) is 0 Å². The normalized spacial score (nSPS) is 12.4. The van der Waals surface area contributed by atoms with E-state index in [1.165, 1.54) is 6.07 Å². The van der Waals surface area contributed by atoms with Gasteiger partial charge in [-0.1, -0.05) is 17.7 Å². The van der Waals surface area contributed by atoms with Crippen LogP contribution in [-0.4, -0.2) is 4.98 Å². The molecule has 1 heterocycles. The summed E-state index contributed by atoms with van der Waals surface area (Å²) in [5, 5.41) is 3.68. The van der Waals surface area contributed by atoms with Crippen LogP contribution >= 0.6 is 11.6 Å². The highest BCUT2D eigenvalue weighted by molar-refractivity contribution is 6.30. The maximum Gasteiger partial charge on any atom is 0.129 e. The number of nitrogens with zero attached hydrogens (tertiary/aromatic N) is 1. The lowest BCUT2D eigenvalue weighted by Gasteiger charge is -2.14. The maximum atomic E-state index is 13.6. The largest absolute Gasteiger partial charge is 0.306 e. The number of pyridine rings is 1. The number of hydrogen-bond acceptors (Lipinski definition) is 2. The van der Waals surface area contributed by atoms with Crippen molar-refractivity contribution in [1.29, 1.82) is 0 Å². The number of aromatic nitrogens is 1. The van der Waals surface area contributed by atoms with Crippen LogP contribution in [0, 0.1) is 5.82 Å². The van der Waals surface area contributed by atoms with Gasteiger partial charge in [0.15, 0.2) is 0 Å². The standard InChI is InChI=1S/C14H14ClFN2/c1-10(11-4-6-17-7-5-11)18-9-12-2-3-13(15)8-14(12)16/h2-8,10,18H,9H2,1H3. The molecule has 0 bridgehead atoms. The van der Waals surface area contributed by atoms with Crippen LogP contribution in [0.3, 0.4) is 0 Å². The first-order valence-corrected chi connectivity index (χ1v) is 6.12. The van der Waals surface area contributed by atoms with Crippen LogP contribution in [0.25, 0.3) is 0 Å². The van der Waals surface area contributed by atoms with Gasteiger partial charge in [0.25, 0.3) is 0 Å². The van der Waals surface area contributed by atoms with Crippen LogP contribution in [0.4, 0.5) is 4.39 Å². The van der Waals surface area contributed by atoms with Crippen LogP contribution < -0.4 is 5.32 Å². The third-order valence-corrected chi connectivity index (χ3v) is 3.06. The van der Waals surface area contributed by atoms with Crippen molar-refractivity contribution in [3.8, 4) is 0 Å². The van der Waals surface area contributed by atoms with Gasteiger partial charge in [-0.05, 0) is 36.8 Å². The van der Waals surface area contributed by atoms with Crippen LogP contribution in [0.5, 0.6) is 0 Å². The average Bonchev–Trinajstić information content (AvgIpc) is 2.38. The number of nitrogens with one attached hydrogen (secondary N) is 1. The monoisotopic (exact) mass is 264 g/mol. The number of benzene rings is 1. The molecule has 1 atom stereocenters. The molecular weight excluding hydrogens is 251 g/mol. The molecule has 0 saturated carbocycles. The van der Waals surface area contributed by atoms with Gasteiger partial charge in [-0.2, -0.15) is 0 Å². The molecule has 2 aromatic rings.